The number of aliphatic hydroxyl groups is 1. The van der Waals surface area contributed by atoms with E-state index >= 15 is 0 Å². The lowest BCUT2D eigenvalue weighted by Crippen LogP contribution is -2.46. The number of nitrogens with one attached hydrogen (secondary N) is 1. The van der Waals surface area contributed by atoms with Crippen molar-refractivity contribution < 1.29 is 19.4 Å². The fraction of sp³-hybridized carbons (Fsp3) is 0.357. The number of carboxylic acids is 1. The van der Waals surface area contributed by atoms with Gasteiger partial charge in [-0.1, -0.05) is 12.1 Å². The van der Waals surface area contributed by atoms with Crippen molar-refractivity contribution in [1.29, 1.82) is 5.41 Å². The first-order chi connectivity index (χ1) is 17.3. The van der Waals surface area contributed by atoms with Crippen molar-refractivity contribution >= 4 is 28.3 Å². The Hall–Kier alpha value is -3.65. The summed E-state index contributed by atoms with van der Waals surface area (Å²) in [6.07, 6.45) is 3.98. The summed E-state index contributed by atoms with van der Waals surface area (Å²) in [6, 6.07) is 12.2. The molecule has 2 aliphatic rings. The average molecular weight is 491 g/mol. The lowest BCUT2D eigenvalue weighted by atomic mass is 9.96. The van der Waals surface area contributed by atoms with E-state index in [2.05, 4.69) is 9.80 Å². The third-order valence-corrected chi connectivity index (χ3v) is 7.34. The molecule has 1 saturated heterocycles. The van der Waals surface area contributed by atoms with E-state index in [-0.39, 0.29) is 23.0 Å². The first-order valence-corrected chi connectivity index (χ1v) is 12.4. The molecule has 7 nitrogen and oxygen atoms in total. The molecule has 3 N–H and O–H groups in total. The van der Waals surface area contributed by atoms with E-state index in [1.807, 2.05) is 29.8 Å². The molecule has 2 aromatic carbocycles. The maximum absolute atomic E-state index is 14.4. The topological polar surface area (TPSA) is 92.8 Å². The molecule has 0 spiro atoms. The standard InChI is InChI=1S/C28H31FN4O3/c1-31-17-23(28(35)36)20-9-8-19(16-25(20)31)33-14-12-32(13-15-33)11-10-22(27(34)18-6-7-18)26(30)21-4-2-3-5-24(21)29/h2-5,8-9,16-18,30,34H,6-7,10-15H2,1H3,(H,35,36)/b27-22-,30-26?. The van der Waals surface area contributed by atoms with Crippen LogP contribution in [0.1, 0.15) is 35.2 Å². The first kappa shape index (κ1) is 24.1. The van der Waals surface area contributed by atoms with Gasteiger partial charge in [-0.3, -0.25) is 10.3 Å². The number of hydrogen-bond acceptors (Lipinski definition) is 5. The van der Waals surface area contributed by atoms with Crippen molar-refractivity contribution in [3.05, 3.63) is 76.9 Å². The van der Waals surface area contributed by atoms with Crippen LogP contribution in [0.4, 0.5) is 10.1 Å². The van der Waals surface area contributed by atoms with Crippen molar-refractivity contribution in [2.24, 2.45) is 13.0 Å². The highest BCUT2D eigenvalue weighted by Gasteiger charge is 2.30. The molecule has 3 aromatic rings. The second-order valence-corrected chi connectivity index (χ2v) is 9.73. The van der Waals surface area contributed by atoms with E-state index in [1.165, 1.54) is 6.07 Å². The fourth-order valence-electron chi connectivity index (χ4n) is 5.05. The average Bonchev–Trinajstić information content (AvgIpc) is 3.68. The maximum Gasteiger partial charge on any atom is 0.337 e. The minimum absolute atomic E-state index is 0.0766. The fourth-order valence-corrected chi connectivity index (χ4v) is 5.05. The highest BCUT2D eigenvalue weighted by molar-refractivity contribution is 6.11. The van der Waals surface area contributed by atoms with E-state index in [0.29, 0.717) is 24.1 Å². The number of piperazine rings is 1. The number of allylic oxidation sites excluding steroid dienone is 1. The van der Waals surface area contributed by atoms with Crippen LogP contribution in [0, 0.1) is 17.1 Å². The van der Waals surface area contributed by atoms with Crippen LogP contribution in [0.3, 0.4) is 0 Å². The molecular weight excluding hydrogens is 459 g/mol. The lowest BCUT2D eigenvalue weighted by Gasteiger charge is -2.36. The minimum atomic E-state index is -0.925. The number of halogens is 1. The number of rotatable bonds is 8. The molecule has 188 valence electrons. The van der Waals surface area contributed by atoms with Gasteiger partial charge in [-0.2, -0.15) is 0 Å². The first-order valence-electron chi connectivity index (χ1n) is 12.4. The Morgan fingerprint density at radius 1 is 1.06 bits per heavy atom. The van der Waals surface area contributed by atoms with E-state index in [0.717, 1.165) is 55.6 Å². The van der Waals surface area contributed by atoms with Crippen LogP contribution in [0.2, 0.25) is 0 Å². The van der Waals surface area contributed by atoms with Gasteiger partial charge >= 0.3 is 5.97 Å². The van der Waals surface area contributed by atoms with Crippen molar-refractivity contribution in [3.63, 3.8) is 0 Å². The summed E-state index contributed by atoms with van der Waals surface area (Å²) < 4.78 is 16.2. The molecule has 0 atom stereocenters. The smallest absolute Gasteiger partial charge is 0.337 e. The molecule has 8 heteroatoms. The maximum atomic E-state index is 14.4. The molecular formula is C28H31FN4O3. The number of carboxylic acid groups (broad SMARTS) is 1. The van der Waals surface area contributed by atoms with Crippen LogP contribution in [-0.2, 0) is 7.05 Å². The van der Waals surface area contributed by atoms with Gasteiger partial charge in [0, 0.05) is 74.1 Å². The van der Waals surface area contributed by atoms with Crippen LogP contribution in [0.25, 0.3) is 10.9 Å². The van der Waals surface area contributed by atoms with Crippen molar-refractivity contribution in [1.82, 2.24) is 9.47 Å². The third kappa shape index (κ3) is 4.73. The van der Waals surface area contributed by atoms with Crippen molar-refractivity contribution in [3.8, 4) is 0 Å². The zero-order chi connectivity index (χ0) is 25.4. The SMILES string of the molecule is Cn1cc(C(=O)O)c2ccc(N3CCN(CC/C(C(=N)c4ccccc4F)=C(/O)C4CC4)CC3)cc21. The zero-order valence-corrected chi connectivity index (χ0v) is 20.4. The van der Waals surface area contributed by atoms with Gasteiger partial charge in [0.1, 0.15) is 11.6 Å². The monoisotopic (exact) mass is 490 g/mol. The van der Waals surface area contributed by atoms with Gasteiger partial charge in [-0.05, 0) is 49.6 Å². The second kappa shape index (κ2) is 9.78. The summed E-state index contributed by atoms with van der Waals surface area (Å²) in [7, 11) is 1.86. The number of aromatic nitrogens is 1. The van der Waals surface area contributed by atoms with E-state index in [4.69, 9.17) is 5.41 Å². The summed E-state index contributed by atoms with van der Waals surface area (Å²) >= 11 is 0. The number of aromatic carboxylic acids is 1. The van der Waals surface area contributed by atoms with Crippen LogP contribution in [0.5, 0.6) is 0 Å². The van der Waals surface area contributed by atoms with Gasteiger partial charge in [0.15, 0.2) is 0 Å². The Balaban J connectivity index is 1.24. The van der Waals surface area contributed by atoms with E-state index in [9.17, 15) is 19.4 Å². The zero-order valence-electron chi connectivity index (χ0n) is 20.4. The molecule has 1 saturated carbocycles. The molecule has 0 bridgehead atoms. The number of aliphatic hydroxyl groups excluding tert-OH is 1. The van der Waals surface area contributed by atoms with Crippen LogP contribution >= 0.6 is 0 Å². The molecule has 1 aromatic heterocycles. The van der Waals surface area contributed by atoms with E-state index in [1.54, 1.807) is 24.4 Å². The van der Waals surface area contributed by atoms with Crippen molar-refractivity contribution in [2.45, 2.75) is 19.3 Å². The Morgan fingerprint density at radius 2 is 1.78 bits per heavy atom. The number of carbonyl (C=O) groups is 1. The minimum Gasteiger partial charge on any atom is -0.512 e. The summed E-state index contributed by atoms with van der Waals surface area (Å²) in [6.45, 7) is 3.99. The predicted molar refractivity (Wildman–Crippen MR) is 139 cm³/mol. The van der Waals surface area contributed by atoms with Crippen LogP contribution < -0.4 is 4.90 Å². The normalized spacial score (nSPS) is 17.3. The van der Waals surface area contributed by atoms with Crippen LogP contribution in [0.15, 0.2) is 60.0 Å². The summed E-state index contributed by atoms with van der Waals surface area (Å²) in [5, 5.41) is 29.6. The molecule has 2 fully saturated rings. The summed E-state index contributed by atoms with van der Waals surface area (Å²) in [5.41, 5.74) is 3.12. The predicted octanol–water partition coefficient (Wildman–Crippen LogP) is 4.82. The summed E-state index contributed by atoms with van der Waals surface area (Å²) in [5.74, 6) is -1.02. The number of aryl methyl sites for hydroxylation is 1. The highest BCUT2D eigenvalue weighted by Crippen LogP contribution is 2.38. The Morgan fingerprint density at radius 3 is 2.44 bits per heavy atom. The molecule has 0 unspecified atom stereocenters. The Kier molecular flexibility index (Phi) is 6.53. The van der Waals surface area contributed by atoms with Gasteiger partial charge in [0.25, 0.3) is 0 Å². The number of fused-ring (bicyclic) bond motifs is 1. The molecule has 36 heavy (non-hydrogen) atoms. The second-order valence-electron chi connectivity index (χ2n) is 9.73. The number of hydrogen-bond donors (Lipinski definition) is 3. The van der Waals surface area contributed by atoms with Gasteiger partial charge in [0.05, 0.1) is 16.8 Å². The molecule has 5 rings (SSSR count). The van der Waals surface area contributed by atoms with Crippen molar-refractivity contribution in [2.75, 3.05) is 37.6 Å². The van der Waals surface area contributed by atoms with Gasteiger partial charge in [-0.25, -0.2) is 9.18 Å². The number of anilines is 1. The van der Waals surface area contributed by atoms with Gasteiger partial charge in [0.2, 0.25) is 0 Å². The molecule has 0 radical (unpaired) electrons. The Labute approximate surface area is 209 Å². The van der Waals surface area contributed by atoms with Gasteiger partial charge < -0.3 is 19.7 Å². The molecule has 2 heterocycles. The lowest BCUT2D eigenvalue weighted by molar-refractivity contribution is 0.0699. The molecule has 1 aliphatic carbocycles. The number of benzene rings is 2. The quantitative estimate of drug-likeness (QED) is 0.311. The van der Waals surface area contributed by atoms with Gasteiger partial charge in [-0.15, -0.1) is 0 Å². The van der Waals surface area contributed by atoms with Crippen LogP contribution in [-0.4, -0.2) is 64.1 Å². The molecule has 0 amide bonds. The highest BCUT2D eigenvalue weighted by atomic mass is 19.1. The van der Waals surface area contributed by atoms with E-state index < -0.39 is 11.8 Å². The number of nitrogens with zero attached hydrogens (tertiary/aromatic N) is 3. The largest absolute Gasteiger partial charge is 0.512 e. The third-order valence-electron chi connectivity index (χ3n) is 7.34. The Bertz CT molecular complexity index is 1350. The summed E-state index contributed by atoms with van der Waals surface area (Å²) in [4.78, 5) is 16.1. The molecule has 1 aliphatic heterocycles.